The van der Waals surface area contributed by atoms with Crippen molar-refractivity contribution in [1.29, 1.82) is 0 Å². The highest BCUT2D eigenvalue weighted by Crippen LogP contribution is 2.38. The van der Waals surface area contributed by atoms with Crippen molar-refractivity contribution in [3.63, 3.8) is 0 Å². The number of hydrogen-bond donors (Lipinski definition) is 4. The van der Waals surface area contributed by atoms with Crippen LogP contribution in [0.1, 0.15) is 48.3 Å². The van der Waals surface area contributed by atoms with E-state index in [0.717, 1.165) is 5.56 Å². The van der Waals surface area contributed by atoms with Gasteiger partial charge in [-0.15, -0.1) is 0 Å². The third kappa shape index (κ3) is 4.16. The maximum Gasteiger partial charge on any atom is 0.127 e. The zero-order chi connectivity index (χ0) is 19.4. The van der Waals surface area contributed by atoms with Crippen molar-refractivity contribution in [2.45, 2.75) is 39.3 Å². The van der Waals surface area contributed by atoms with E-state index in [4.69, 9.17) is 9.47 Å². The first-order valence-corrected chi connectivity index (χ1v) is 8.36. The van der Waals surface area contributed by atoms with E-state index in [2.05, 4.69) is 0 Å². The van der Waals surface area contributed by atoms with E-state index < -0.39 is 12.2 Å². The Morgan fingerprint density at radius 1 is 0.731 bits per heavy atom. The molecule has 6 nitrogen and oxygen atoms in total. The molecule has 0 saturated carbocycles. The second kappa shape index (κ2) is 8.51. The Morgan fingerprint density at radius 2 is 1.12 bits per heavy atom. The van der Waals surface area contributed by atoms with Crippen LogP contribution < -0.4 is 0 Å². The van der Waals surface area contributed by atoms with Gasteiger partial charge in [0.25, 0.3) is 0 Å². The molecule has 26 heavy (non-hydrogen) atoms. The average molecular weight is 362 g/mol. The van der Waals surface area contributed by atoms with Gasteiger partial charge in [0.05, 0.1) is 25.4 Å². The molecule has 0 spiro atoms. The van der Waals surface area contributed by atoms with E-state index in [1.54, 1.807) is 52.3 Å². The summed E-state index contributed by atoms with van der Waals surface area (Å²) in [6.07, 6.45) is -1.80. The molecular formula is C20H26O6. The summed E-state index contributed by atoms with van der Waals surface area (Å²) in [4.78, 5) is 0. The van der Waals surface area contributed by atoms with Gasteiger partial charge in [0.15, 0.2) is 0 Å². The third-order valence-electron chi connectivity index (χ3n) is 4.27. The first-order valence-electron chi connectivity index (χ1n) is 8.36. The van der Waals surface area contributed by atoms with Crippen molar-refractivity contribution < 1.29 is 29.9 Å². The first-order chi connectivity index (χ1) is 12.3. The average Bonchev–Trinajstić information content (AvgIpc) is 2.58. The molecule has 0 bridgehead atoms. The van der Waals surface area contributed by atoms with Gasteiger partial charge in [-0.25, -0.2) is 0 Å². The number of aromatic hydroxyl groups is 2. The number of aliphatic hydroxyl groups excluding tert-OH is 2. The Labute approximate surface area is 153 Å². The Kier molecular flexibility index (Phi) is 6.61. The Bertz CT molecular complexity index is 711. The summed E-state index contributed by atoms with van der Waals surface area (Å²) < 4.78 is 10.3. The number of methoxy groups -OCH3 is 2. The van der Waals surface area contributed by atoms with E-state index in [0.29, 0.717) is 27.8 Å². The summed E-state index contributed by atoms with van der Waals surface area (Å²) >= 11 is 0. The molecule has 0 aliphatic carbocycles. The normalized spacial score (nSPS) is 13.6. The van der Waals surface area contributed by atoms with E-state index in [9.17, 15) is 20.4 Å². The highest BCUT2D eigenvalue weighted by molar-refractivity contribution is 5.71. The molecule has 0 heterocycles. The summed E-state index contributed by atoms with van der Waals surface area (Å²) in [5.41, 5.74) is 3.31. The Balaban J connectivity index is 2.70. The molecule has 2 rings (SSSR count). The minimum Gasteiger partial charge on any atom is -0.507 e. The predicted molar refractivity (Wildman–Crippen MR) is 97.9 cm³/mol. The minimum atomic E-state index is -0.901. The van der Waals surface area contributed by atoms with E-state index in [1.165, 1.54) is 0 Å². The maximum atomic E-state index is 10.4. The summed E-state index contributed by atoms with van der Waals surface area (Å²) in [6, 6.07) is 6.90. The van der Waals surface area contributed by atoms with Crippen molar-refractivity contribution in [3.8, 4) is 22.6 Å². The SMILES string of the molecule is COCc1cc(-c2cc(C(C)O)c(O)c(C(C)O)c2)cc(COC)c1O. The molecule has 2 aromatic carbocycles. The van der Waals surface area contributed by atoms with Crippen molar-refractivity contribution >= 4 is 0 Å². The molecule has 0 aliphatic rings. The lowest BCUT2D eigenvalue weighted by molar-refractivity contribution is 0.174. The van der Waals surface area contributed by atoms with Crippen LogP contribution in [0.15, 0.2) is 24.3 Å². The molecule has 0 aliphatic heterocycles. The van der Waals surface area contributed by atoms with Crippen LogP contribution in [-0.4, -0.2) is 34.6 Å². The molecule has 0 radical (unpaired) electrons. The van der Waals surface area contributed by atoms with Crippen molar-refractivity contribution in [1.82, 2.24) is 0 Å². The van der Waals surface area contributed by atoms with Crippen LogP contribution in [0.2, 0.25) is 0 Å². The lowest BCUT2D eigenvalue weighted by atomic mass is 9.92. The smallest absolute Gasteiger partial charge is 0.127 e. The fourth-order valence-corrected chi connectivity index (χ4v) is 2.94. The minimum absolute atomic E-state index is 0.114. The summed E-state index contributed by atoms with van der Waals surface area (Å²) in [5.74, 6) is -0.00511. The second-order valence-corrected chi connectivity index (χ2v) is 6.36. The fourth-order valence-electron chi connectivity index (χ4n) is 2.94. The van der Waals surface area contributed by atoms with Gasteiger partial charge < -0.3 is 29.9 Å². The number of rotatable bonds is 7. The number of benzene rings is 2. The molecular weight excluding hydrogens is 336 g/mol. The highest BCUT2D eigenvalue weighted by atomic mass is 16.5. The second-order valence-electron chi connectivity index (χ2n) is 6.36. The molecule has 0 amide bonds. The number of aliphatic hydroxyl groups is 2. The molecule has 6 heteroatoms. The molecule has 4 N–H and O–H groups in total. The number of phenols is 2. The predicted octanol–water partition coefficient (Wildman–Crippen LogP) is 3.16. The van der Waals surface area contributed by atoms with Crippen LogP contribution in [0.25, 0.3) is 11.1 Å². The van der Waals surface area contributed by atoms with Crippen LogP contribution >= 0.6 is 0 Å². The largest absolute Gasteiger partial charge is 0.507 e. The van der Waals surface area contributed by atoms with Crippen LogP contribution in [0.3, 0.4) is 0 Å². The monoisotopic (exact) mass is 362 g/mol. The van der Waals surface area contributed by atoms with Crippen LogP contribution in [0, 0.1) is 0 Å². The summed E-state index contributed by atoms with van der Waals surface area (Å²) in [7, 11) is 3.08. The van der Waals surface area contributed by atoms with E-state index in [-0.39, 0.29) is 24.7 Å². The summed E-state index contributed by atoms with van der Waals surface area (Å²) in [6.45, 7) is 3.55. The van der Waals surface area contributed by atoms with Gasteiger partial charge in [-0.1, -0.05) is 0 Å². The van der Waals surface area contributed by atoms with E-state index >= 15 is 0 Å². The maximum absolute atomic E-state index is 10.4. The van der Waals surface area contributed by atoms with Crippen LogP contribution in [0.4, 0.5) is 0 Å². The number of ether oxygens (including phenoxy) is 2. The van der Waals surface area contributed by atoms with Crippen LogP contribution in [0.5, 0.6) is 11.5 Å². The molecule has 2 unspecified atom stereocenters. The van der Waals surface area contributed by atoms with Crippen molar-refractivity contribution in [3.05, 3.63) is 46.5 Å². The Hall–Kier alpha value is -2.12. The van der Waals surface area contributed by atoms with Gasteiger partial charge >= 0.3 is 0 Å². The lowest BCUT2D eigenvalue weighted by Crippen LogP contribution is -2.01. The van der Waals surface area contributed by atoms with E-state index in [1.807, 2.05) is 0 Å². The van der Waals surface area contributed by atoms with Gasteiger partial charge in [0.1, 0.15) is 11.5 Å². The molecule has 2 aromatic rings. The van der Waals surface area contributed by atoms with Gasteiger partial charge in [0.2, 0.25) is 0 Å². The quantitative estimate of drug-likeness (QED) is 0.604. The van der Waals surface area contributed by atoms with Crippen LogP contribution in [-0.2, 0) is 22.7 Å². The fraction of sp³-hybridized carbons (Fsp3) is 0.400. The van der Waals surface area contributed by atoms with Gasteiger partial charge in [-0.05, 0) is 49.2 Å². The zero-order valence-corrected chi connectivity index (χ0v) is 15.5. The Morgan fingerprint density at radius 3 is 1.46 bits per heavy atom. The summed E-state index contributed by atoms with van der Waals surface area (Å²) in [5, 5.41) is 40.7. The van der Waals surface area contributed by atoms with Crippen molar-refractivity contribution in [2.75, 3.05) is 14.2 Å². The van der Waals surface area contributed by atoms with Gasteiger partial charge in [-0.3, -0.25) is 0 Å². The van der Waals surface area contributed by atoms with Gasteiger partial charge in [0, 0.05) is 36.5 Å². The van der Waals surface area contributed by atoms with Gasteiger partial charge in [-0.2, -0.15) is 0 Å². The topological polar surface area (TPSA) is 99.4 Å². The van der Waals surface area contributed by atoms with Crippen molar-refractivity contribution in [2.24, 2.45) is 0 Å². The molecule has 0 aromatic heterocycles. The first kappa shape index (κ1) is 20.2. The third-order valence-corrected chi connectivity index (χ3v) is 4.27. The highest BCUT2D eigenvalue weighted by Gasteiger charge is 2.19. The number of hydrogen-bond acceptors (Lipinski definition) is 6. The molecule has 142 valence electrons. The standard InChI is InChI=1S/C20H26O6/c1-11(21)17-7-14(8-18(12(2)22)20(17)24)13-5-15(9-25-3)19(23)16(6-13)10-26-4/h5-8,11-12,21-24H,9-10H2,1-4H3. The molecule has 0 saturated heterocycles. The molecule has 0 fully saturated rings. The molecule has 2 atom stereocenters. The number of phenolic OH excluding ortho intramolecular Hbond substituents is 2. The lowest BCUT2D eigenvalue weighted by Gasteiger charge is -2.18. The zero-order valence-electron chi connectivity index (χ0n) is 15.5.